The van der Waals surface area contributed by atoms with Crippen LogP contribution in [0.25, 0.3) is 0 Å². The molecular weight excluding hydrogens is 228 g/mol. The molecule has 0 amide bonds. The highest BCUT2D eigenvalue weighted by molar-refractivity contribution is 6.32. The first-order valence-electron chi connectivity index (χ1n) is 5.26. The van der Waals surface area contributed by atoms with Crippen molar-refractivity contribution in [1.29, 1.82) is 0 Å². The normalized spacial score (nSPS) is 18.6. The highest BCUT2D eigenvalue weighted by Gasteiger charge is 2.32. The molecule has 0 spiro atoms. The average Bonchev–Trinajstić information content (AvgIpc) is 2.66. The van der Waals surface area contributed by atoms with Crippen molar-refractivity contribution in [3.63, 3.8) is 0 Å². The number of nitrogens with zero attached hydrogens (tertiary/aromatic N) is 1. The van der Waals surface area contributed by atoms with Crippen molar-refractivity contribution < 1.29 is 4.92 Å². The first-order valence-corrected chi connectivity index (χ1v) is 5.64. The molecule has 0 aromatic heterocycles. The highest BCUT2D eigenvalue weighted by atomic mass is 35.5. The summed E-state index contributed by atoms with van der Waals surface area (Å²) in [6.07, 6.45) is 3.91. The van der Waals surface area contributed by atoms with E-state index in [1.54, 1.807) is 12.1 Å². The van der Waals surface area contributed by atoms with Crippen LogP contribution in [0.1, 0.15) is 31.2 Å². The number of nitro benzene ring substituents is 1. The van der Waals surface area contributed by atoms with E-state index in [2.05, 4.69) is 0 Å². The highest BCUT2D eigenvalue weighted by Crippen LogP contribution is 2.38. The van der Waals surface area contributed by atoms with Crippen molar-refractivity contribution in [1.82, 2.24) is 0 Å². The minimum atomic E-state index is -0.468. The van der Waals surface area contributed by atoms with Crippen LogP contribution in [0.5, 0.6) is 0 Å². The van der Waals surface area contributed by atoms with E-state index in [-0.39, 0.29) is 10.7 Å². The van der Waals surface area contributed by atoms with E-state index in [0.717, 1.165) is 31.2 Å². The Kier molecular flexibility index (Phi) is 2.86. The van der Waals surface area contributed by atoms with Gasteiger partial charge in [0.1, 0.15) is 5.02 Å². The molecule has 2 N–H and O–H groups in total. The Morgan fingerprint density at radius 1 is 1.38 bits per heavy atom. The third-order valence-electron chi connectivity index (χ3n) is 3.21. The summed E-state index contributed by atoms with van der Waals surface area (Å²) in [5.41, 5.74) is 6.59. The molecule has 1 fully saturated rings. The predicted molar refractivity (Wildman–Crippen MR) is 62.4 cm³/mol. The summed E-state index contributed by atoms with van der Waals surface area (Å²) >= 11 is 5.76. The maximum atomic E-state index is 10.8. The second-order valence-electron chi connectivity index (χ2n) is 4.29. The van der Waals surface area contributed by atoms with Gasteiger partial charge >= 0.3 is 0 Å². The van der Waals surface area contributed by atoms with E-state index >= 15 is 0 Å². The van der Waals surface area contributed by atoms with Gasteiger partial charge in [-0.25, -0.2) is 0 Å². The van der Waals surface area contributed by atoms with Crippen LogP contribution in [-0.2, 0) is 5.54 Å². The number of hydrogen-bond acceptors (Lipinski definition) is 3. The zero-order chi connectivity index (χ0) is 11.8. The molecule has 5 heteroatoms. The standard InChI is InChI=1S/C11H13ClN2O2/c12-9-4-3-8(7-10(9)14(15)16)11(13)5-1-2-6-11/h3-4,7H,1-2,5-6,13H2. The number of rotatable bonds is 2. The second kappa shape index (κ2) is 4.03. The van der Waals surface area contributed by atoms with Gasteiger partial charge in [-0.05, 0) is 24.5 Å². The minimum absolute atomic E-state index is 0.0594. The lowest BCUT2D eigenvalue weighted by Gasteiger charge is -2.23. The Labute approximate surface area is 98.5 Å². The molecule has 0 atom stereocenters. The van der Waals surface area contributed by atoms with Gasteiger partial charge in [-0.3, -0.25) is 10.1 Å². The van der Waals surface area contributed by atoms with Crippen LogP contribution in [0.4, 0.5) is 5.69 Å². The largest absolute Gasteiger partial charge is 0.321 e. The summed E-state index contributed by atoms with van der Waals surface area (Å²) in [5.74, 6) is 0. The lowest BCUT2D eigenvalue weighted by atomic mass is 9.89. The fourth-order valence-electron chi connectivity index (χ4n) is 2.26. The SMILES string of the molecule is NC1(c2ccc(Cl)c([N+](=O)[O-])c2)CCCC1. The number of halogens is 1. The molecule has 0 radical (unpaired) electrons. The number of nitro groups is 1. The summed E-state index contributed by atoms with van der Waals surface area (Å²) < 4.78 is 0. The Bertz CT molecular complexity index is 428. The summed E-state index contributed by atoms with van der Waals surface area (Å²) in [6.45, 7) is 0. The van der Waals surface area contributed by atoms with Crippen LogP contribution in [0.2, 0.25) is 5.02 Å². The molecule has 0 heterocycles. The average molecular weight is 241 g/mol. The van der Waals surface area contributed by atoms with E-state index in [4.69, 9.17) is 17.3 Å². The summed E-state index contributed by atoms with van der Waals surface area (Å²) in [6, 6.07) is 4.86. The first kappa shape index (κ1) is 11.4. The van der Waals surface area contributed by atoms with E-state index in [1.807, 2.05) is 0 Å². The lowest BCUT2D eigenvalue weighted by molar-refractivity contribution is -0.384. The smallest absolute Gasteiger partial charge is 0.288 e. The zero-order valence-electron chi connectivity index (χ0n) is 8.78. The Balaban J connectivity index is 2.43. The molecule has 1 aromatic carbocycles. The third kappa shape index (κ3) is 1.90. The molecule has 1 aromatic rings. The van der Waals surface area contributed by atoms with Gasteiger partial charge < -0.3 is 5.73 Å². The second-order valence-corrected chi connectivity index (χ2v) is 4.69. The van der Waals surface area contributed by atoms with Gasteiger partial charge in [0.05, 0.1) is 4.92 Å². The molecule has 1 aliphatic carbocycles. The van der Waals surface area contributed by atoms with Crippen molar-refractivity contribution in [3.8, 4) is 0 Å². The van der Waals surface area contributed by atoms with Gasteiger partial charge in [-0.1, -0.05) is 30.5 Å². The molecule has 2 rings (SSSR count). The van der Waals surface area contributed by atoms with Gasteiger partial charge in [-0.2, -0.15) is 0 Å². The van der Waals surface area contributed by atoms with Gasteiger partial charge in [0, 0.05) is 11.6 Å². The number of hydrogen-bond donors (Lipinski definition) is 1. The van der Waals surface area contributed by atoms with Crippen molar-refractivity contribution in [2.75, 3.05) is 0 Å². The Morgan fingerprint density at radius 3 is 2.56 bits per heavy atom. The molecule has 0 saturated heterocycles. The third-order valence-corrected chi connectivity index (χ3v) is 3.53. The summed E-state index contributed by atoms with van der Waals surface area (Å²) in [5, 5.41) is 10.9. The van der Waals surface area contributed by atoms with E-state index in [1.165, 1.54) is 6.07 Å². The van der Waals surface area contributed by atoms with Crippen LogP contribution >= 0.6 is 11.6 Å². The fourth-order valence-corrected chi connectivity index (χ4v) is 2.44. The quantitative estimate of drug-likeness (QED) is 0.638. The molecule has 0 unspecified atom stereocenters. The van der Waals surface area contributed by atoms with Crippen molar-refractivity contribution in [3.05, 3.63) is 38.9 Å². The number of benzene rings is 1. The number of nitrogens with two attached hydrogens (primary N) is 1. The maximum absolute atomic E-state index is 10.8. The molecule has 1 aliphatic rings. The van der Waals surface area contributed by atoms with E-state index in [9.17, 15) is 10.1 Å². The summed E-state index contributed by atoms with van der Waals surface area (Å²) in [7, 11) is 0. The van der Waals surface area contributed by atoms with E-state index in [0.29, 0.717) is 0 Å². The van der Waals surface area contributed by atoms with E-state index < -0.39 is 10.5 Å². The molecule has 0 bridgehead atoms. The topological polar surface area (TPSA) is 69.2 Å². The maximum Gasteiger partial charge on any atom is 0.288 e. The van der Waals surface area contributed by atoms with Gasteiger partial charge in [0.25, 0.3) is 5.69 Å². The van der Waals surface area contributed by atoms with Crippen LogP contribution in [0.3, 0.4) is 0 Å². The molecular formula is C11H13ClN2O2. The first-order chi connectivity index (χ1) is 7.53. The van der Waals surface area contributed by atoms with Crippen molar-refractivity contribution in [2.24, 2.45) is 5.73 Å². The monoisotopic (exact) mass is 240 g/mol. The van der Waals surface area contributed by atoms with Crippen LogP contribution in [0, 0.1) is 10.1 Å². The Morgan fingerprint density at radius 2 is 2.00 bits per heavy atom. The van der Waals surface area contributed by atoms with Gasteiger partial charge in [-0.15, -0.1) is 0 Å². The van der Waals surface area contributed by atoms with Crippen LogP contribution < -0.4 is 5.73 Å². The fraction of sp³-hybridized carbons (Fsp3) is 0.455. The van der Waals surface area contributed by atoms with Crippen LogP contribution in [-0.4, -0.2) is 4.92 Å². The molecule has 1 saturated carbocycles. The van der Waals surface area contributed by atoms with Crippen molar-refractivity contribution >= 4 is 17.3 Å². The minimum Gasteiger partial charge on any atom is -0.321 e. The van der Waals surface area contributed by atoms with Crippen molar-refractivity contribution in [2.45, 2.75) is 31.2 Å². The van der Waals surface area contributed by atoms with Gasteiger partial charge in [0.15, 0.2) is 0 Å². The molecule has 86 valence electrons. The Hall–Kier alpha value is -1.13. The lowest BCUT2D eigenvalue weighted by Crippen LogP contribution is -2.33. The molecule has 4 nitrogen and oxygen atoms in total. The van der Waals surface area contributed by atoms with Crippen LogP contribution in [0.15, 0.2) is 18.2 Å². The predicted octanol–water partition coefficient (Wildman–Crippen LogP) is 2.98. The van der Waals surface area contributed by atoms with Gasteiger partial charge in [0.2, 0.25) is 0 Å². The zero-order valence-corrected chi connectivity index (χ0v) is 9.54. The molecule has 16 heavy (non-hydrogen) atoms. The summed E-state index contributed by atoms with van der Waals surface area (Å²) in [4.78, 5) is 10.3. The molecule has 0 aliphatic heterocycles.